The minimum Gasteiger partial charge on any atom is -0.508 e. The van der Waals surface area contributed by atoms with Gasteiger partial charge in [0.25, 0.3) is 0 Å². The van der Waals surface area contributed by atoms with E-state index >= 15 is 0 Å². The topological polar surface area (TPSA) is 46.2 Å². The third-order valence-corrected chi connectivity index (χ3v) is 2.63. The van der Waals surface area contributed by atoms with E-state index < -0.39 is 17.3 Å². The Morgan fingerprint density at radius 1 is 1.27 bits per heavy atom. The van der Waals surface area contributed by atoms with Gasteiger partial charge in [0.1, 0.15) is 5.75 Å². The summed E-state index contributed by atoms with van der Waals surface area (Å²) in [6, 6.07) is 3.35. The van der Waals surface area contributed by atoms with Gasteiger partial charge in [0.2, 0.25) is 0 Å². The van der Waals surface area contributed by atoms with Gasteiger partial charge in [-0.15, -0.1) is 0 Å². The Morgan fingerprint density at radius 3 is 2.33 bits per heavy atom. The van der Waals surface area contributed by atoms with Crippen LogP contribution in [0.25, 0.3) is 0 Å². The second-order valence-corrected chi connectivity index (χ2v) is 3.85. The summed E-state index contributed by atoms with van der Waals surface area (Å²) in [6.45, 7) is 0. The maximum atomic E-state index is 12.6. The second-order valence-electron chi connectivity index (χ2n) is 3.85. The van der Waals surface area contributed by atoms with Gasteiger partial charge in [0.05, 0.1) is 5.56 Å². The standard InChI is InChI=1S/C10H10F3NO/c11-10(12,13)6-2-1-3-7(15)8(6)9(14)4-5-9/h1-3,15H,4-5,14H2. The maximum absolute atomic E-state index is 12.6. The van der Waals surface area contributed by atoms with Crippen LogP contribution in [0.5, 0.6) is 5.75 Å². The smallest absolute Gasteiger partial charge is 0.416 e. The third kappa shape index (κ3) is 1.67. The highest BCUT2D eigenvalue weighted by Crippen LogP contribution is 2.50. The van der Waals surface area contributed by atoms with E-state index in [0.29, 0.717) is 12.8 Å². The normalized spacial score (nSPS) is 18.9. The molecule has 3 N–H and O–H groups in total. The average Bonchev–Trinajstić information content (AvgIpc) is 2.82. The van der Waals surface area contributed by atoms with Crippen LogP contribution < -0.4 is 5.73 Å². The largest absolute Gasteiger partial charge is 0.508 e. The summed E-state index contributed by atoms with van der Waals surface area (Å²) in [6.07, 6.45) is -3.51. The minimum atomic E-state index is -4.47. The van der Waals surface area contributed by atoms with Crippen molar-refractivity contribution in [3.63, 3.8) is 0 Å². The summed E-state index contributed by atoms with van der Waals surface area (Å²) in [5.41, 5.74) is 3.72. The maximum Gasteiger partial charge on any atom is 0.416 e. The molecule has 1 saturated carbocycles. The Morgan fingerprint density at radius 2 is 1.87 bits per heavy atom. The first-order chi connectivity index (χ1) is 6.84. The molecule has 1 fully saturated rings. The molecule has 0 aromatic heterocycles. The lowest BCUT2D eigenvalue weighted by atomic mass is 9.97. The van der Waals surface area contributed by atoms with E-state index in [2.05, 4.69) is 0 Å². The van der Waals surface area contributed by atoms with E-state index in [1.807, 2.05) is 0 Å². The van der Waals surface area contributed by atoms with Crippen molar-refractivity contribution >= 4 is 0 Å². The van der Waals surface area contributed by atoms with Gasteiger partial charge in [-0.1, -0.05) is 6.07 Å². The van der Waals surface area contributed by atoms with Crippen molar-refractivity contribution in [2.75, 3.05) is 0 Å². The van der Waals surface area contributed by atoms with Gasteiger partial charge in [-0.05, 0) is 25.0 Å². The first kappa shape index (κ1) is 10.3. The zero-order valence-electron chi connectivity index (χ0n) is 7.80. The molecule has 0 radical (unpaired) electrons. The summed E-state index contributed by atoms with van der Waals surface area (Å²) >= 11 is 0. The van der Waals surface area contributed by atoms with Crippen LogP contribution in [0, 0.1) is 0 Å². The summed E-state index contributed by atoms with van der Waals surface area (Å²) in [5, 5.41) is 9.45. The van der Waals surface area contributed by atoms with E-state index in [-0.39, 0.29) is 11.3 Å². The molecule has 0 aliphatic heterocycles. The number of rotatable bonds is 1. The Labute approximate surface area is 84.5 Å². The molecular formula is C10H10F3NO. The van der Waals surface area contributed by atoms with E-state index in [0.717, 1.165) is 6.07 Å². The number of benzene rings is 1. The molecule has 0 heterocycles. The first-order valence-electron chi connectivity index (χ1n) is 4.53. The Hall–Kier alpha value is -1.23. The fourth-order valence-corrected chi connectivity index (χ4v) is 1.68. The molecule has 1 aromatic carbocycles. The number of aromatic hydroxyl groups is 1. The molecule has 1 aliphatic rings. The quantitative estimate of drug-likeness (QED) is 0.758. The van der Waals surface area contributed by atoms with Crippen LogP contribution in [0.3, 0.4) is 0 Å². The highest BCUT2D eigenvalue weighted by atomic mass is 19.4. The summed E-state index contributed by atoms with van der Waals surface area (Å²) < 4.78 is 37.9. The third-order valence-electron chi connectivity index (χ3n) is 2.63. The van der Waals surface area contributed by atoms with Crippen molar-refractivity contribution in [1.82, 2.24) is 0 Å². The van der Waals surface area contributed by atoms with E-state index in [4.69, 9.17) is 5.73 Å². The van der Waals surface area contributed by atoms with Crippen LogP contribution in [0.4, 0.5) is 13.2 Å². The summed E-state index contributed by atoms with van der Waals surface area (Å²) in [7, 11) is 0. The average molecular weight is 217 g/mol. The lowest BCUT2D eigenvalue weighted by Gasteiger charge is -2.18. The van der Waals surface area contributed by atoms with Gasteiger partial charge in [-0.3, -0.25) is 0 Å². The highest BCUT2D eigenvalue weighted by Gasteiger charge is 2.48. The predicted octanol–water partition coefficient (Wildman–Crippen LogP) is 2.36. The van der Waals surface area contributed by atoms with E-state index in [9.17, 15) is 18.3 Å². The lowest BCUT2D eigenvalue weighted by molar-refractivity contribution is -0.138. The van der Waals surface area contributed by atoms with Gasteiger partial charge in [-0.25, -0.2) is 0 Å². The van der Waals surface area contributed by atoms with Crippen molar-refractivity contribution in [1.29, 1.82) is 0 Å². The molecule has 0 amide bonds. The van der Waals surface area contributed by atoms with Crippen LogP contribution in [0.2, 0.25) is 0 Å². The summed E-state index contributed by atoms with van der Waals surface area (Å²) in [5.74, 6) is -0.371. The molecule has 2 rings (SSSR count). The van der Waals surface area contributed by atoms with Crippen LogP contribution in [0.1, 0.15) is 24.0 Å². The lowest BCUT2D eigenvalue weighted by Crippen LogP contribution is -2.24. The number of hydrogen-bond acceptors (Lipinski definition) is 2. The van der Waals surface area contributed by atoms with E-state index in [1.165, 1.54) is 12.1 Å². The Bertz CT molecular complexity index is 396. The molecule has 0 spiro atoms. The minimum absolute atomic E-state index is 0.169. The van der Waals surface area contributed by atoms with Gasteiger partial charge in [-0.2, -0.15) is 13.2 Å². The number of halogens is 3. The zero-order valence-corrected chi connectivity index (χ0v) is 7.80. The van der Waals surface area contributed by atoms with Crippen molar-refractivity contribution < 1.29 is 18.3 Å². The molecule has 1 aliphatic carbocycles. The number of phenols is 1. The van der Waals surface area contributed by atoms with Crippen LogP contribution >= 0.6 is 0 Å². The van der Waals surface area contributed by atoms with Crippen LogP contribution in [0.15, 0.2) is 18.2 Å². The van der Waals surface area contributed by atoms with Crippen LogP contribution in [-0.4, -0.2) is 5.11 Å². The summed E-state index contributed by atoms with van der Waals surface area (Å²) in [4.78, 5) is 0. The molecule has 0 saturated heterocycles. The highest BCUT2D eigenvalue weighted by molar-refractivity contribution is 5.48. The van der Waals surface area contributed by atoms with Gasteiger partial charge in [0, 0.05) is 11.1 Å². The molecular weight excluding hydrogens is 207 g/mol. The molecule has 0 atom stereocenters. The molecule has 0 unspecified atom stereocenters. The second kappa shape index (κ2) is 2.88. The van der Waals surface area contributed by atoms with Crippen molar-refractivity contribution in [2.45, 2.75) is 24.6 Å². The van der Waals surface area contributed by atoms with Crippen LogP contribution in [-0.2, 0) is 11.7 Å². The Balaban J connectivity index is 2.60. The van der Waals surface area contributed by atoms with Crippen molar-refractivity contribution in [2.24, 2.45) is 5.73 Å². The van der Waals surface area contributed by atoms with Gasteiger partial charge >= 0.3 is 6.18 Å². The van der Waals surface area contributed by atoms with Crippen molar-refractivity contribution in [3.05, 3.63) is 29.3 Å². The molecule has 82 valence electrons. The molecule has 1 aromatic rings. The number of nitrogens with two attached hydrogens (primary N) is 1. The molecule has 5 heteroatoms. The van der Waals surface area contributed by atoms with Gasteiger partial charge in [0.15, 0.2) is 0 Å². The molecule has 2 nitrogen and oxygen atoms in total. The fourth-order valence-electron chi connectivity index (χ4n) is 1.68. The van der Waals surface area contributed by atoms with Gasteiger partial charge < -0.3 is 10.8 Å². The fraction of sp³-hybridized carbons (Fsp3) is 0.400. The zero-order chi connectivity index (χ0) is 11.3. The number of phenolic OH excluding ortho intramolecular Hbond substituents is 1. The number of hydrogen-bond donors (Lipinski definition) is 2. The van der Waals surface area contributed by atoms with Crippen molar-refractivity contribution in [3.8, 4) is 5.75 Å². The number of alkyl halides is 3. The SMILES string of the molecule is NC1(c2c(O)cccc2C(F)(F)F)CC1. The molecule has 15 heavy (non-hydrogen) atoms. The Kier molecular flexibility index (Phi) is 1.98. The first-order valence-corrected chi connectivity index (χ1v) is 4.53. The van der Waals surface area contributed by atoms with E-state index in [1.54, 1.807) is 0 Å². The predicted molar refractivity (Wildman–Crippen MR) is 48.2 cm³/mol. The monoisotopic (exact) mass is 217 g/mol. The molecule has 0 bridgehead atoms.